The Morgan fingerprint density at radius 3 is 2.43 bits per heavy atom. The van der Waals surface area contributed by atoms with Gasteiger partial charge in [0.1, 0.15) is 5.00 Å². The first-order chi connectivity index (χ1) is 17.8. The first kappa shape index (κ1) is 25.2. The van der Waals surface area contributed by atoms with Crippen LogP contribution in [-0.2, 0) is 17.6 Å². The second-order valence-electron chi connectivity index (χ2n) is 10.0. The molecular formula is C31H32N2O3S. The Kier molecular flexibility index (Phi) is 7.11. The SMILES string of the molecule is Cc1ccc(-c2nc3ccccc3c(C(=O)Nc3sc4c(c3C(=O)OC(C)C)CCCCC4)c2C)cc1. The lowest BCUT2D eigenvalue weighted by Crippen LogP contribution is -2.18. The number of nitrogens with one attached hydrogen (secondary N) is 1. The zero-order valence-corrected chi connectivity index (χ0v) is 22.6. The van der Waals surface area contributed by atoms with E-state index in [1.165, 1.54) is 21.8 Å². The summed E-state index contributed by atoms with van der Waals surface area (Å²) in [5.41, 5.74) is 6.63. The predicted octanol–water partition coefficient (Wildman–Crippen LogP) is 7.67. The summed E-state index contributed by atoms with van der Waals surface area (Å²) in [5, 5.41) is 4.50. The lowest BCUT2D eigenvalue weighted by molar-refractivity contribution is 0.0378. The van der Waals surface area contributed by atoms with Crippen LogP contribution in [0.15, 0.2) is 48.5 Å². The molecule has 0 bridgehead atoms. The van der Waals surface area contributed by atoms with Gasteiger partial charge in [0.05, 0.1) is 28.4 Å². The molecule has 0 unspecified atom stereocenters. The molecule has 190 valence electrons. The number of hydrogen-bond donors (Lipinski definition) is 1. The number of carbonyl (C=O) groups is 2. The molecule has 5 rings (SSSR count). The highest BCUT2D eigenvalue weighted by Crippen LogP contribution is 2.39. The molecule has 1 amide bonds. The first-order valence-electron chi connectivity index (χ1n) is 13.0. The van der Waals surface area contributed by atoms with Crippen LogP contribution < -0.4 is 5.32 Å². The smallest absolute Gasteiger partial charge is 0.341 e. The van der Waals surface area contributed by atoms with Crippen molar-refractivity contribution >= 4 is 39.1 Å². The summed E-state index contributed by atoms with van der Waals surface area (Å²) in [6, 6.07) is 15.9. The molecule has 2 aromatic heterocycles. The van der Waals surface area contributed by atoms with E-state index in [0.717, 1.165) is 65.4 Å². The Balaban J connectivity index is 1.61. The van der Waals surface area contributed by atoms with Crippen LogP contribution in [0.25, 0.3) is 22.2 Å². The molecule has 0 aliphatic heterocycles. The number of rotatable bonds is 5. The van der Waals surface area contributed by atoms with Crippen LogP contribution in [0, 0.1) is 13.8 Å². The minimum Gasteiger partial charge on any atom is -0.459 e. The number of para-hydroxylation sites is 1. The second-order valence-corrected chi connectivity index (χ2v) is 11.1. The van der Waals surface area contributed by atoms with E-state index in [9.17, 15) is 9.59 Å². The molecule has 0 saturated heterocycles. The molecule has 6 heteroatoms. The fourth-order valence-electron chi connectivity index (χ4n) is 5.08. The number of amides is 1. The molecule has 5 nitrogen and oxygen atoms in total. The summed E-state index contributed by atoms with van der Waals surface area (Å²) in [6.45, 7) is 7.69. The number of thiophene rings is 1. The van der Waals surface area contributed by atoms with Gasteiger partial charge >= 0.3 is 5.97 Å². The maximum atomic E-state index is 14.0. The minimum absolute atomic E-state index is 0.235. The Morgan fingerprint density at radius 1 is 0.946 bits per heavy atom. The average Bonchev–Trinajstić information content (AvgIpc) is 3.03. The lowest BCUT2D eigenvalue weighted by Gasteiger charge is -2.15. The van der Waals surface area contributed by atoms with Crippen LogP contribution in [0.2, 0.25) is 0 Å². The van der Waals surface area contributed by atoms with Crippen LogP contribution in [0.1, 0.15) is 75.4 Å². The van der Waals surface area contributed by atoms with Crippen LogP contribution >= 0.6 is 11.3 Å². The van der Waals surface area contributed by atoms with Gasteiger partial charge in [0.25, 0.3) is 5.91 Å². The number of fused-ring (bicyclic) bond motifs is 2. The minimum atomic E-state index is -0.360. The van der Waals surface area contributed by atoms with E-state index in [1.54, 1.807) is 0 Å². The van der Waals surface area contributed by atoms with Crippen molar-refractivity contribution in [1.29, 1.82) is 0 Å². The third kappa shape index (κ3) is 5.03. The van der Waals surface area contributed by atoms with Crippen molar-refractivity contribution in [3.8, 4) is 11.3 Å². The largest absolute Gasteiger partial charge is 0.459 e. The molecule has 2 aromatic carbocycles. The van der Waals surface area contributed by atoms with E-state index in [2.05, 4.69) is 17.4 Å². The number of pyridine rings is 1. The van der Waals surface area contributed by atoms with Gasteiger partial charge in [-0.25, -0.2) is 9.78 Å². The summed E-state index contributed by atoms with van der Waals surface area (Å²) in [5.74, 6) is -0.596. The van der Waals surface area contributed by atoms with Crippen LogP contribution in [0.3, 0.4) is 0 Å². The standard InChI is InChI=1S/C31H32N2O3S/c1-18(2)36-31(35)27-23-11-6-5-7-13-25(23)37-30(27)33-29(34)26-20(4)28(21-16-14-19(3)15-17-21)32-24-12-9-8-10-22(24)26/h8-10,12,14-18H,5-7,11,13H2,1-4H3,(H,33,34). The van der Waals surface area contributed by atoms with Crippen LogP contribution in [0.4, 0.5) is 5.00 Å². The fourth-order valence-corrected chi connectivity index (χ4v) is 6.35. The van der Waals surface area contributed by atoms with Crippen molar-refractivity contribution in [3.63, 3.8) is 0 Å². The molecule has 0 atom stereocenters. The highest BCUT2D eigenvalue weighted by atomic mass is 32.1. The molecule has 0 saturated carbocycles. The zero-order valence-electron chi connectivity index (χ0n) is 21.8. The molecule has 4 aromatic rings. The zero-order chi connectivity index (χ0) is 26.1. The molecule has 37 heavy (non-hydrogen) atoms. The third-order valence-electron chi connectivity index (χ3n) is 6.88. The Labute approximate surface area is 221 Å². The van der Waals surface area contributed by atoms with E-state index >= 15 is 0 Å². The number of benzene rings is 2. The van der Waals surface area contributed by atoms with E-state index in [0.29, 0.717) is 16.1 Å². The molecule has 1 aliphatic rings. The number of nitrogens with zero attached hydrogens (tertiary/aromatic N) is 1. The van der Waals surface area contributed by atoms with Crippen LogP contribution in [-0.4, -0.2) is 23.0 Å². The van der Waals surface area contributed by atoms with Gasteiger partial charge in [0.2, 0.25) is 0 Å². The summed E-state index contributed by atoms with van der Waals surface area (Å²) >= 11 is 1.52. The van der Waals surface area contributed by atoms with Crippen LogP contribution in [0.5, 0.6) is 0 Å². The van der Waals surface area contributed by atoms with Crippen molar-refractivity contribution in [1.82, 2.24) is 4.98 Å². The molecule has 0 spiro atoms. The number of esters is 1. The highest BCUT2D eigenvalue weighted by Gasteiger charge is 2.28. The van der Waals surface area contributed by atoms with Crippen molar-refractivity contribution < 1.29 is 14.3 Å². The molecular weight excluding hydrogens is 480 g/mol. The quantitative estimate of drug-likeness (QED) is 0.220. The van der Waals surface area contributed by atoms with Gasteiger partial charge in [0, 0.05) is 15.8 Å². The second kappa shape index (κ2) is 10.5. The average molecular weight is 513 g/mol. The van der Waals surface area contributed by atoms with Crippen molar-refractivity contribution in [3.05, 3.63) is 81.2 Å². The highest BCUT2D eigenvalue weighted by molar-refractivity contribution is 7.17. The van der Waals surface area contributed by atoms with Gasteiger partial charge in [-0.15, -0.1) is 11.3 Å². The maximum absolute atomic E-state index is 14.0. The summed E-state index contributed by atoms with van der Waals surface area (Å²) in [4.78, 5) is 33.3. The number of aromatic nitrogens is 1. The first-order valence-corrected chi connectivity index (χ1v) is 13.8. The molecule has 1 aliphatic carbocycles. The monoisotopic (exact) mass is 512 g/mol. The van der Waals surface area contributed by atoms with Gasteiger partial charge < -0.3 is 10.1 Å². The van der Waals surface area contributed by atoms with Gasteiger partial charge in [-0.1, -0.05) is 54.4 Å². The summed E-state index contributed by atoms with van der Waals surface area (Å²) in [7, 11) is 0. The predicted molar refractivity (Wildman–Crippen MR) is 151 cm³/mol. The van der Waals surface area contributed by atoms with E-state index in [4.69, 9.17) is 9.72 Å². The Hall–Kier alpha value is -3.51. The topological polar surface area (TPSA) is 68.3 Å². The normalized spacial score (nSPS) is 13.3. The number of anilines is 1. The van der Waals surface area contributed by atoms with Gasteiger partial charge in [-0.05, 0) is 70.6 Å². The number of carbonyl (C=O) groups excluding carboxylic acids is 2. The number of hydrogen-bond acceptors (Lipinski definition) is 5. The third-order valence-corrected chi connectivity index (χ3v) is 8.09. The van der Waals surface area contributed by atoms with Crippen molar-refractivity contribution in [2.45, 2.75) is 65.9 Å². The van der Waals surface area contributed by atoms with Crippen molar-refractivity contribution in [2.75, 3.05) is 5.32 Å². The van der Waals surface area contributed by atoms with E-state index in [1.807, 2.05) is 64.1 Å². The molecule has 0 radical (unpaired) electrons. The molecule has 2 heterocycles. The molecule has 1 N–H and O–H groups in total. The number of aryl methyl sites for hydroxylation is 2. The lowest BCUT2D eigenvalue weighted by atomic mass is 9.96. The summed E-state index contributed by atoms with van der Waals surface area (Å²) in [6.07, 6.45) is 4.79. The maximum Gasteiger partial charge on any atom is 0.341 e. The number of ether oxygens (including phenoxy) is 1. The van der Waals surface area contributed by atoms with Gasteiger partial charge in [0.15, 0.2) is 0 Å². The van der Waals surface area contributed by atoms with Gasteiger partial charge in [-0.2, -0.15) is 0 Å². The summed E-state index contributed by atoms with van der Waals surface area (Å²) < 4.78 is 5.62. The Bertz CT molecular complexity index is 1480. The fraction of sp³-hybridized carbons (Fsp3) is 0.323. The van der Waals surface area contributed by atoms with Crippen molar-refractivity contribution in [2.24, 2.45) is 0 Å². The molecule has 0 fully saturated rings. The van der Waals surface area contributed by atoms with E-state index < -0.39 is 0 Å². The Morgan fingerprint density at radius 2 is 1.68 bits per heavy atom. The van der Waals surface area contributed by atoms with Gasteiger partial charge in [-0.3, -0.25) is 4.79 Å². The van der Waals surface area contributed by atoms with E-state index in [-0.39, 0.29) is 18.0 Å².